The summed E-state index contributed by atoms with van der Waals surface area (Å²) in [6.45, 7) is 0. The lowest BCUT2D eigenvalue weighted by Crippen LogP contribution is -2.02. The van der Waals surface area contributed by atoms with Crippen molar-refractivity contribution in [2.75, 3.05) is 0 Å². The minimum Gasteiger partial charge on any atom is -0.294 e. The van der Waals surface area contributed by atoms with Crippen molar-refractivity contribution >= 4 is 50.5 Å². The van der Waals surface area contributed by atoms with Gasteiger partial charge in [-0.25, -0.2) is 0 Å². The minimum absolute atomic E-state index is 0.190. The van der Waals surface area contributed by atoms with E-state index in [1.54, 1.807) is 11.3 Å². The van der Waals surface area contributed by atoms with Crippen molar-refractivity contribution in [3.05, 3.63) is 67.9 Å². The summed E-state index contributed by atoms with van der Waals surface area (Å²) in [4.78, 5) is 12.3. The number of halogens is 1. The Balaban J connectivity index is 1.95. The van der Waals surface area contributed by atoms with E-state index >= 15 is 0 Å². The first-order valence-electron chi connectivity index (χ1n) is 5.98. The Morgan fingerprint density at radius 3 is 2.68 bits per heavy atom. The zero-order valence-electron chi connectivity index (χ0n) is 10.1. The third-order valence-corrected chi connectivity index (χ3v) is 4.91. The molecule has 3 aromatic rings. The summed E-state index contributed by atoms with van der Waals surface area (Å²) < 4.78 is 1.15. The van der Waals surface area contributed by atoms with E-state index in [0.29, 0.717) is 6.42 Å². The second kappa shape index (κ2) is 5.43. The summed E-state index contributed by atoms with van der Waals surface area (Å²) >= 11 is 3.86. The van der Waals surface area contributed by atoms with Crippen molar-refractivity contribution in [3.8, 4) is 0 Å². The van der Waals surface area contributed by atoms with E-state index in [2.05, 4.69) is 40.8 Å². The Kier molecular flexibility index (Phi) is 3.66. The number of fused-ring (bicyclic) bond motifs is 1. The van der Waals surface area contributed by atoms with Gasteiger partial charge in [-0.2, -0.15) is 0 Å². The lowest BCUT2D eigenvalue weighted by molar-refractivity contribution is 0.0993. The third-order valence-electron chi connectivity index (χ3n) is 3.12. The molecule has 3 heteroatoms. The molecule has 0 fully saturated rings. The van der Waals surface area contributed by atoms with Crippen molar-refractivity contribution in [1.29, 1.82) is 0 Å². The molecule has 94 valence electrons. The van der Waals surface area contributed by atoms with Crippen LogP contribution in [0.5, 0.6) is 0 Å². The summed E-state index contributed by atoms with van der Waals surface area (Å²) in [7, 11) is 0. The van der Waals surface area contributed by atoms with Crippen LogP contribution in [0.4, 0.5) is 0 Å². The van der Waals surface area contributed by atoms with Crippen LogP contribution in [0.2, 0.25) is 0 Å². The van der Waals surface area contributed by atoms with Crippen molar-refractivity contribution in [3.63, 3.8) is 0 Å². The number of carbonyl (C=O) groups is 1. The Morgan fingerprint density at radius 2 is 1.89 bits per heavy atom. The molecule has 1 aromatic heterocycles. The molecule has 1 heterocycles. The summed E-state index contributed by atoms with van der Waals surface area (Å²) in [5.74, 6) is 0.190. The molecule has 0 amide bonds. The van der Waals surface area contributed by atoms with Gasteiger partial charge in [-0.1, -0.05) is 42.5 Å². The van der Waals surface area contributed by atoms with Gasteiger partial charge in [0, 0.05) is 17.4 Å². The highest BCUT2D eigenvalue weighted by Crippen LogP contribution is 2.22. The Morgan fingerprint density at radius 1 is 1.11 bits per heavy atom. The summed E-state index contributed by atoms with van der Waals surface area (Å²) in [6, 6.07) is 16.3. The molecule has 2 aromatic carbocycles. The first-order chi connectivity index (χ1) is 9.24. The molecule has 0 saturated carbocycles. The fourth-order valence-electron chi connectivity index (χ4n) is 2.18. The SMILES string of the molecule is O=C(Cc1cccc2ccccc12)c1csc(I)c1. The lowest BCUT2D eigenvalue weighted by atomic mass is 9.99. The Hall–Kier alpha value is -1.20. The predicted octanol–water partition coefficient (Wildman–Crippen LogP) is 4.93. The highest BCUT2D eigenvalue weighted by molar-refractivity contribution is 14.1. The quantitative estimate of drug-likeness (QED) is 0.467. The zero-order valence-corrected chi connectivity index (χ0v) is 13.1. The number of hydrogen-bond acceptors (Lipinski definition) is 2. The van der Waals surface area contributed by atoms with Gasteiger partial charge in [-0.05, 0) is 45.0 Å². The molecule has 0 bridgehead atoms. The molecule has 3 rings (SSSR count). The van der Waals surface area contributed by atoms with Crippen molar-refractivity contribution in [2.45, 2.75) is 6.42 Å². The van der Waals surface area contributed by atoms with E-state index in [9.17, 15) is 4.79 Å². The smallest absolute Gasteiger partial charge is 0.168 e. The van der Waals surface area contributed by atoms with Gasteiger partial charge in [0.15, 0.2) is 5.78 Å². The summed E-state index contributed by atoms with van der Waals surface area (Å²) in [5, 5.41) is 4.30. The van der Waals surface area contributed by atoms with Crippen LogP contribution < -0.4 is 0 Å². The molecule has 0 saturated heterocycles. The van der Waals surface area contributed by atoms with Crippen LogP contribution in [0.15, 0.2) is 53.9 Å². The summed E-state index contributed by atoms with van der Waals surface area (Å²) in [5.41, 5.74) is 1.92. The maximum Gasteiger partial charge on any atom is 0.168 e. The van der Waals surface area contributed by atoms with Crippen LogP contribution in [0.25, 0.3) is 10.8 Å². The fourth-order valence-corrected chi connectivity index (χ4v) is 3.53. The molecule has 19 heavy (non-hydrogen) atoms. The summed E-state index contributed by atoms with van der Waals surface area (Å²) in [6.07, 6.45) is 0.466. The number of Topliss-reactive ketones (excluding diaryl/α,β-unsaturated/α-hetero) is 1. The molecule has 0 radical (unpaired) electrons. The number of hydrogen-bond donors (Lipinski definition) is 0. The van der Waals surface area contributed by atoms with E-state index in [1.807, 2.05) is 35.7 Å². The van der Waals surface area contributed by atoms with Crippen LogP contribution in [-0.4, -0.2) is 5.78 Å². The topological polar surface area (TPSA) is 17.1 Å². The number of benzene rings is 2. The third kappa shape index (κ3) is 2.72. The van der Waals surface area contributed by atoms with Crippen molar-refractivity contribution in [1.82, 2.24) is 0 Å². The first kappa shape index (κ1) is 12.8. The second-order valence-electron chi connectivity index (χ2n) is 4.38. The van der Waals surface area contributed by atoms with E-state index < -0.39 is 0 Å². The molecular formula is C16H11IOS. The van der Waals surface area contributed by atoms with E-state index in [0.717, 1.165) is 14.0 Å². The molecular weight excluding hydrogens is 367 g/mol. The molecule has 0 spiro atoms. The largest absolute Gasteiger partial charge is 0.294 e. The number of thiophene rings is 1. The average Bonchev–Trinajstić information content (AvgIpc) is 2.86. The van der Waals surface area contributed by atoms with Gasteiger partial charge >= 0.3 is 0 Å². The zero-order chi connectivity index (χ0) is 13.2. The normalized spacial score (nSPS) is 10.8. The fraction of sp³-hybridized carbons (Fsp3) is 0.0625. The Labute approximate surface area is 129 Å². The van der Waals surface area contributed by atoms with Gasteiger partial charge in [0.25, 0.3) is 0 Å². The van der Waals surface area contributed by atoms with Gasteiger partial charge in [-0.15, -0.1) is 11.3 Å². The molecule has 0 atom stereocenters. The second-order valence-corrected chi connectivity index (χ2v) is 7.18. The monoisotopic (exact) mass is 378 g/mol. The number of rotatable bonds is 3. The predicted molar refractivity (Wildman–Crippen MR) is 89.0 cm³/mol. The van der Waals surface area contributed by atoms with Crippen LogP contribution in [0.1, 0.15) is 15.9 Å². The lowest BCUT2D eigenvalue weighted by Gasteiger charge is -2.05. The number of ketones is 1. The molecule has 0 unspecified atom stereocenters. The average molecular weight is 378 g/mol. The Bertz CT molecular complexity index is 740. The highest BCUT2D eigenvalue weighted by Gasteiger charge is 2.10. The maximum atomic E-state index is 12.3. The van der Waals surface area contributed by atoms with Gasteiger partial charge in [0.1, 0.15) is 0 Å². The van der Waals surface area contributed by atoms with E-state index in [4.69, 9.17) is 0 Å². The van der Waals surface area contributed by atoms with E-state index in [1.165, 1.54) is 10.8 Å². The standard InChI is InChI=1S/C16H11IOS/c17-16-9-13(10-19-16)15(18)8-12-6-3-5-11-4-1-2-7-14(11)12/h1-7,9-10H,8H2. The van der Waals surface area contributed by atoms with Crippen molar-refractivity contribution < 1.29 is 4.79 Å². The molecule has 0 aliphatic carbocycles. The minimum atomic E-state index is 0.190. The molecule has 0 aliphatic rings. The van der Waals surface area contributed by atoms with Crippen molar-refractivity contribution in [2.24, 2.45) is 0 Å². The van der Waals surface area contributed by atoms with Gasteiger partial charge in [0.2, 0.25) is 0 Å². The first-order valence-corrected chi connectivity index (χ1v) is 7.94. The van der Waals surface area contributed by atoms with Gasteiger partial charge in [-0.3, -0.25) is 4.79 Å². The molecule has 0 N–H and O–H groups in total. The maximum absolute atomic E-state index is 12.3. The van der Waals surface area contributed by atoms with E-state index in [-0.39, 0.29) is 5.78 Å². The molecule has 0 aliphatic heterocycles. The van der Waals surface area contributed by atoms with Crippen LogP contribution >= 0.6 is 33.9 Å². The highest BCUT2D eigenvalue weighted by atomic mass is 127. The number of carbonyl (C=O) groups excluding carboxylic acids is 1. The van der Waals surface area contributed by atoms with Crippen LogP contribution in [0, 0.1) is 2.88 Å². The van der Waals surface area contributed by atoms with Crippen LogP contribution in [-0.2, 0) is 6.42 Å². The molecule has 1 nitrogen and oxygen atoms in total. The van der Waals surface area contributed by atoms with Crippen LogP contribution in [0.3, 0.4) is 0 Å². The van der Waals surface area contributed by atoms with Gasteiger partial charge < -0.3 is 0 Å². The van der Waals surface area contributed by atoms with Gasteiger partial charge in [0.05, 0.1) is 2.88 Å².